The fourth-order valence-corrected chi connectivity index (χ4v) is 2.33. The van der Waals surface area contributed by atoms with Crippen molar-refractivity contribution in [3.63, 3.8) is 0 Å². The second kappa shape index (κ2) is 5.49. The molecule has 0 aliphatic carbocycles. The van der Waals surface area contributed by atoms with Crippen LogP contribution in [0.15, 0.2) is 30.3 Å². The summed E-state index contributed by atoms with van der Waals surface area (Å²) < 4.78 is 15.7. The summed E-state index contributed by atoms with van der Waals surface area (Å²) in [6.45, 7) is 6.29. The van der Waals surface area contributed by atoms with Crippen LogP contribution in [0, 0.1) is 19.7 Å². The van der Waals surface area contributed by atoms with Crippen LogP contribution >= 0.6 is 0 Å². The number of amides is 1. The summed E-state index contributed by atoms with van der Waals surface area (Å²) in [6, 6.07) is 8.40. The molecule has 0 bridgehead atoms. The fraction of sp³-hybridized carbons (Fsp3) is 0.312. The average Bonchev–Trinajstić information content (AvgIpc) is 2.73. The molecule has 0 unspecified atom stereocenters. The molecule has 0 fully saturated rings. The minimum atomic E-state index is -0.294. The number of nitrogens with zero attached hydrogens (tertiary/aromatic N) is 2. The molecule has 2 aromatic rings. The minimum absolute atomic E-state index is 0.0387. The van der Waals surface area contributed by atoms with E-state index in [0.717, 1.165) is 11.4 Å². The largest absolute Gasteiger partial charge is 0.342 e. The number of aryl methyl sites for hydroxylation is 1. The first-order valence-corrected chi connectivity index (χ1v) is 6.66. The van der Waals surface area contributed by atoms with Crippen LogP contribution in [0.3, 0.4) is 0 Å². The third kappa shape index (κ3) is 2.33. The zero-order chi connectivity index (χ0) is 14.9. The smallest absolute Gasteiger partial charge is 0.255 e. The molecule has 0 aliphatic rings. The van der Waals surface area contributed by atoms with Gasteiger partial charge >= 0.3 is 0 Å². The van der Waals surface area contributed by atoms with Crippen molar-refractivity contribution in [2.75, 3.05) is 13.6 Å². The van der Waals surface area contributed by atoms with E-state index in [1.807, 2.05) is 26.8 Å². The van der Waals surface area contributed by atoms with Gasteiger partial charge in [0.15, 0.2) is 0 Å². The normalized spacial score (nSPS) is 10.7. The van der Waals surface area contributed by atoms with Gasteiger partial charge in [0, 0.05) is 25.0 Å². The molecule has 4 heteroatoms. The SMILES string of the molecule is CCN(C)C(=O)c1cc(C)n(-c2ccccc2F)c1C. The van der Waals surface area contributed by atoms with Crippen molar-refractivity contribution < 1.29 is 9.18 Å². The zero-order valence-corrected chi connectivity index (χ0v) is 12.3. The van der Waals surface area contributed by atoms with Gasteiger partial charge in [-0.3, -0.25) is 4.79 Å². The van der Waals surface area contributed by atoms with Crippen LogP contribution in [0.5, 0.6) is 0 Å². The third-order valence-electron chi connectivity index (χ3n) is 3.58. The number of hydrogen-bond acceptors (Lipinski definition) is 1. The fourth-order valence-electron chi connectivity index (χ4n) is 2.33. The molecule has 0 N–H and O–H groups in total. The van der Waals surface area contributed by atoms with E-state index in [2.05, 4.69) is 0 Å². The molecule has 3 nitrogen and oxygen atoms in total. The van der Waals surface area contributed by atoms with Crippen molar-refractivity contribution in [2.45, 2.75) is 20.8 Å². The summed E-state index contributed by atoms with van der Waals surface area (Å²) >= 11 is 0. The third-order valence-corrected chi connectivity index (χ3v) is 3.58. The Balaban J connectivity index is 2.56. The lowest BCUT2D eigenvalue weighted by Gasteiger charge is -2.15. The highest BCUT2D eigenvalue weighted by Crippen LogP contribution is 2.23. The second-order valence-electron chi connectivity index (χ2n) is 4.89. The van der Waals surface area contributed by atoms with Crippen molar-refractivity contribution in [1.29, 1.82) is 0 Å². The Morgan fingerprint density at radius 3 is 2.55 bits per heavy atom. The maximum Gasteiger partial charge on any atom is 0.255 e. The number of carbonyl (C=O) groups is 1. The maximum atomic E-state index is 14.0. The second-order valence-corrected chi connectivity index (χ2v) is 4.89. The highest BCUT2D eigenvalue weighted by Gasteiger charge is 2.19. The van der Waals surface area contributed by atoms with Gasteiger partial charge in [-0.15, -0.1) is 0 Å². The van der Waals surface area contributed by atoms with Gasteiger partial charge in [0.1, 0.15) is 5.82 Å². The van der Waals surface area contributed by atoms with Crippen LogP contribution in [0.1, 0.15) is 28.7 Å². The Hall–Kier alpha value is -2.10. The monoisotopic (exact) mass is 274 g/mol. The summed E-state index contributed by atoms with van der Waals surface area (Å²) in [5.74, 6) is -0.333. The van der Waals surface area contributed by atoms with Crippen molar-refractivity contribution >= 4 is 5.91 Å². The van der Waals surface area contributed by atoms with E-state index in [4.69, 9.17) is 0 Å². The lowest BCUT2D eigenvalue weighted by Crippen LogP contribution is -2.26. The summed E-state index contributed by atoms with van der Waals surface area (Å²) in [7, 11) is 1.76. The number of hydrogen-bond donors (Lipinski definition) is 0. The van der Waals surface area contributed by atoms with E-state index in [1.165, 1.54) is 6.07 Å². The van der Waals surface area contributed by atoms with Crippen molar-refractivity contribution in [3.05, 3.63) is 53.1 Å². The van der Waals surface area contributed by atoms with E-state index in [9.17, 15) is 9.18 Å². The van der Waals surface area contributed by atoms with E-state index in [0.29, 0.717) is 17.8 Å². The van der Waals surface area contributed by atoms with Crippen LogP contribution in [-0.4, -0.2) is 29.0 Å². The van der Waals surface area contributed by atoms with Gasteiger partial charge in [0.05, 0.1) is 11.3 Å². The molecular formula is C16H19FN2O. The molecular weight excluding hydrogens is 255 g/mol. The van der Waals surface area contributed by atoms with Gasteiger partial charge in [-0.05, 0) is 39.0 Å². The quantitative estimate of drug-likeness (QED) is 0.843. The number of halogens is 1. The first kappa shape index (κ1) is 14.3. The van der Waals surface area contributed by atoms with Gasteiger partial charge in [-0.25, -0.2) is 4.39 Å². The number of benzene rings is 1. The number of carbonyl (C=O) groups excluding carboxylic acids is 1. The Bertz CT molecular complexity index is 646. The number of aromatic nitrogens is 1. The Kier molecular flexibility index (Phi) is 3.93. The highest BCUT2D eigenvalue weighted by molar-refractivity contribution is 5.95. The van der Waals surface area contributed by atoms with Crippen LogP contribution in [0.4, 0.5) is 4.39 Å². The summed E-state index contributed by atoms with van der Waals surface area (Å²) in [5.41, 5.74) is 2.70. The van der Waals surface area contributed by atoms with Crippen LogP contribution < -0.4 is 0 Å². The molecule has 1 aromatic heterocycles. The van der Waals surface area contributed by atoms with Crippen molar-refractivity contribution in [2.24, 2.45) is 0 Å². The minimum Gasteiger partial charge on any atom is -0.342 e. The number of para-hydroxylation sites is 1. The Morgan fingerprint density at radius 2 is 1.95 bits per heavy atom. The summed E-state index contributed by atoms with van der Waals surface area (Å²) in [5, 5.41) is 0. The highest BCUT2D eigenvalue weighted by atomic mass is 19.1. The molecule has 0 saturated carbocycles. The lowest BCUT2D eigenvalue weighted by molar-refractivity contribution is 0.0801. The topological polar surface area (TPSA) is 25.2 Å². The molecule has 106 valence electrons. The van der Waals surface area contributed by atoms with Crippen LogP contribution in [-0.2, 0) is 0 Å². The molecule has 0 saturated heterocycles. The molecule has 0 spiro atoms. The van der Waals surface area contributed by atoms with Gasteiger partial charge in [0.25, 0.3) is 5.91 Å². The van der Waals surface area contributed by atoms with Gasteiger partial charge in [-0.2, -0.15) is 0 Å². The van der Waals surface area contributed by atoms with E-state index >= 15 is 0 Å². The standard InChI is InChI=1S/C16H19FN2O/c1-5-18(4)16(20)13-10-11(2)19(12(13)3)15-9-7-6-8-14(15)17/h6-10H,5H2,1-4H3. The average molecular weight is 274 g/mol. The van der Waals surface area contributed by atoms with Crippen LogP contribution in [0.25, 0.3) is 5.69 Å². The first-order valence-electron chi connectivity index (χ1n) is 6.66. The number of rotatable bonds is 3. The molecule has 1 amide bonds. The lowest BCUT2D eigenvalue weighted by atomic mass is 10.2. The zero-order valence-electron chi connectivity index (χ0n) is 12.3. The maximum absolute atomic E-state index is 14.0. The molecule has 2 rings (SSSR count). The molecule has 1 aromatic carbocycles. The van der Waals surface area contributed by atoms with E-state index < -0.39 is 0 Å². The molecule has 0 aliphatic heterocycles. The molecule has 0 atom stereocenters. The van der Waals surface area contributed by atoms with Gasteiger partial charge < -0.3 is 9.47 Å². The first-order chi connectivity index (χ1) is 9.47. The summed E-state index contributed by atoms with van der Waals surface area (Å²) in [4.78, 5) is 13.9. The van der Waals surface area contributed by atoms with Crippen molar-refractivity contribution in [3.8, 4) is 5.69 Å². The predicted molar refractivity (Wildman–Crippen MR) is 77.8 cm³/mol. The summed E-state index contributed by atoms with van der Waals surface area (Å²) in [6.07, 6.45) is 0. The molecule has 0 radical (unpaired) electrons. The van der Waals surface area contributed by atoms with Gasteiger partial charge in [0.2, 0.25) is 0 Å². The predicted octanol–water partition coefficient (Wildman–Crippen LogP) is 3.33. The van der Waals surface area contributed by atoms with E-state index in [-0.39, 0.29) is 11.7 Å². The van der Waals surface area contributed by atoms with Crippen LogP contribution in [0.2, 0.25) is 0 Å². The van der Waals surface area contributed by atoms with Gasteiger partial charge in [-0.1, -0.05) is 12.1 Å². The van der Waals surface area contributed by atoms with E-state index in [1.54, 1.807) is 34.7 Å². The Morgan fingerprint density at radius 1 is 1.30 bits per heavy atom. The molecule has 20 heavy (non-hydrogen) atoms. The Labute approximate surface area is 118 Å². The molecule has 1 heterocycles. The van der Waals surface area contributed by atoms with Crippen molar-refractivity contribution in [1.82, 2.24) is 9.47 Å².